The molecule has 18 heavy (non-hydrogen) atoms. The summed E-state index contributed by atoms with van der Waals surface area (Å²) >= 11 is 0.966. The first-order chi connectivity index (χ1) is 8.43. The molecule has 0 aliphatic carbocycles. The molecule has 7 heteroatoms. The minimum atomic E-state index is -1.02. The van der Waals surface area contributed by atoms with Gasteiger partial charge in [0.1, 0.15) is 11.5 Å². The number of amides is 1. The van der Waals surface area contributed by atoms with Crippen LogP contribution in [0.3, 0.4) is 0 Å². The van der Waals surface area contributed by atoms with Crippen LogP contribution in [0, 0.1) is 5.92 Å². The Bertz CT molecular complexity index is 442. The van der Waals surface area contributed by atoms with Crippen molar-refractivity contribution >= 4 is 28.3 Å². The second kappa shape index (κ2) is 6.46. The number of carbonyl (C=O) groups excluding carboxylic acids is 1. The van der Waals surface area contributed by atoms with Gasteiger partial charge in [-0.2, -0.15) is 0 Å². The van der Waals surface area contributed by atoms with Crippen LogP contribution in [-0.4, -0.2) is 35.7 Å². The van der Waals surface area contributed by atoms with Crippen LogP contribution in [0.25, 0.3) is 0 Å². The molecule has 6 nitrogen and oxygen atoms in total. The van der Waals surface area contributed by atoms with Gasteiger partial charge in [-0.25, -0.2) is 9.78 Å². The number of hydrogen-bond donors (Lipinski definition) is 2. The molecule has 2 N–H and O–H groups in total. The fourth-order valence-corrected chi connectivity index (χ4v) is 2.23. The zero-order valence-corrected chi connectivity index (χ0v) is 11.3. The number of carboxylic acid groups (broad SMARTS) is 1. The highest BCUT2D eigenvalue weighted by molar-refractivity contribution is 7.17. The lowest BCUT2D eigenvalue weighted by Gasteiger charge is -2.01. The predicted octanol–water partition coefficient (Wildman–Crippen LogP) is 1.62. The van der Waals surface area contributed by atoms with Gasteiger partial charge in [-0.3, -0.25) is 10.1 Å². The number of carbonyl (C=O) groups is 2. The van der Waals surface area contributed by atoms with E-state index in [1.165, 1.54) is 7.11 Å². The number of nitrogens with one attached hydrogen (secondary N) is 1. The summed E-state index contributed by atoms with van der Waals surface area (Å²) in [5, 5.41) is 11.9. The van der Waals surface area contributed by atoms with Gasteiger partial charge >= 0.3 is 5.97 Å². The molecule has 0 aliphatic heterocycles. The van der Waals surface area contributed by atoms with Crippen molar-refractivity contribution in [2.45, 2.75) is 20.3 Å². The molecule has 0 saturated heterocycles. The molecule has 1 amide bonds. The number of ether oxygens (including phenoxy) is 1. The fourth-order valence-electron chi connectivity index (χ4n) is 1.38. The minimum absolute atomic E-state index is 0.0818. The van der Waals surface area contributed by atoms with E-state index in [0.717, 1.165) is 11.3 Å². The first-order valence-electron chi connectivity index (χ1n) is 5.45. The van der Waals surface area contributed by atoms with Gasteiger partial charge in [0.05, 0.1) is 5.69 Å². The summed E-state index contributed by atoms with van der Waals surface area (Å²) < 4.78 is 4.67. The topological polar surface area (TPSA) is 88.5 Å². The van der Waals surface area contributed by atoms with E-state index in [1.54, 1.807) is 0 Å². The lowest BCUT2D eigenvalue weighted by molar-refractivity contribution is -0.119. The Morgan fingerprint density at radius 1 is 1.50 bits per heavy atom. The Morgan fingerprint density at radius 2 is 2.17 bits per heavy atom. The normalized spacial score (nSPS) is 10.7. The van der Waals surface area contributed by atoms with E-state index in [4.69, 9.17) is 5.11 Å². The monoisotopic (exact) mass is 272 g/mol. The summed E-state index contributed by atoms with van der Waals surface area (Å²) in [6.07, 6.45) is 0.568. The van der Waals surface area contributed by atoms with Crippen LogP contribution in [0.1, 0.15) is 29.2 Å². The molecule has 0 atom stereocenters. The molecule has 0 radical (unpaired) electrons. The van der Waals surface area contributed by atoms with Gasteiger partial charge in [0.2, 0.25) is 0 Å². The van der Waals surface area contributed by atoms with Crippen LogP contribution < -0.4 is 5.32 Å². The number of nitrogens with zero attached hydrogens (tertiary/aromatic N) is 1. The Labute approximate surface area is 109 Å². The predicted molar refractivity (Wildman–Crippen MR) is 68.1 cm³/mol. The Balaban J connectivity index is 2.88. The highest BCUT2D eigenvalue weighted by Gasteiger charge is 2.19. The van der Waals surface area contributed by atoms with Gasteiger partial charge < -0.3 is 9.84 Å². The third kappa shape index (κ3) is 4.08. The van der Waals surface area contributed by atoms with Crippen LogP contribution in [-0.2, 0) is 16.0 Å². The van der Waals surface area contributed by atoms with Crippen molar-refractivity contribution in [3.8, 4) is 0 Å². The number of thiazole rings is 1. The molecule has 0 spiro atoms. The van der Waals surface area contributed by atoms with Crippen molar-refractivity contribution in [1.29, 1.82) is 0 Å². The molecule has 0 fully saturated rings. The van der Waals surface area contributed by atoms with Gasteiger partial charge in [-0.1, -0.05) is 25.2 Å². The largest absolute Gasteiger partial charge is 0.477 e. The van der Waals surface area contributed by atoms with Crippen molar-refractivity contribution in [2.75, 3.05) is 19.0 Å². The number of carboxylic acids is 1. The van der Waals surface area contributed by atoms with E-state index in [-0.39, 0.29) is 17.4 Å². The third-order valence-corrected chi connectivity index (χ3v) is 3.02. The van der Waals surface area contributed by atoms with E-state index >= 15 is 0 Å². The molecule has 0 bridgehead atoms. The van der Waals surface area contributed by atoms with E-state index in [0.29, 0.717) is 23.2 Å². The molecule has 0 aliphatic rings. The van der Waals surface area contributed by atoms with Gasteiger partial charge in [-0.15, -0.1) is 0 Å². The molecular formula is C11H16N2O4S. The standard InChI is InChI=1S/C11H16N2O4S/c1-6(2)4-7-9(10(15)16)18-11(12-7)13-8(14)5-17-3/h6H,4-5H2,1-3H3,(H,15,16)(H,12,13,14). The average Bonchev–Trinajstić information content (AvgIpc) is 2.60. The Morgan fingerprint density at radius 3 is 2.67 bits per heavy atom. The van der Waals surface area contributed by atoms with E-state index < -0.39 is 5.97 Å². The zero-order valence-electron chi connectivity index (χ0n) is 10.5. The summed E-state index contributed by atoms with van der Waals surface area (Å²) in [5.41, 5.74) is 0.509. The highest BCUT2D eigenvalue weighted by Crippen LogP contribution is 2.25. The number of rotatable bonds is 6. The smallest absolute Gasteiger partial charge is 0.347 e. The molecule has 0 saturated carbocycles. The van der Waals surface area contributed by atoms with Crippen molar-refractivity contribution in [3.05, 3.63) is 10.6 Å². The summed E-state index contributed by atoms with van der Waals surface area (Å²) in [7, 11) is 1.41. The van der Waals surface area contributed by atoms with Crippen LogP contribution >= 0.6 is 11.3 Å². The lowest BCUT2D eigenvalue weighted by Crippen LogP contribution is -2.16. The zero-order chi connectivity index (χ0) is 13.7. The molecule has 1 aromatic heterocycles. The molecule has 0 unspecified atom stereocenters. The number of methoxy groups -OCH3 is 1. The number of aromatic carboxylic acids is 1. The number of hydrogen-bond acceptors (Lipinski definition) is 5. The first-order valence-corrected chi connectivity index (χ1v) is 6.27. The van der Waals surface area contributed by atoms with Gasteiger partial charge in [0, 0.05) is 7.11 Å². The summed E-state index contributed by atoms with van der Waals surface area (Å²) in [6, 6.07) is 0. The summed E-state index contributed by atoms with van der Waals surface area (Å²) in [5.74, 6) is -1.07. The minimum Gasteiger partial charge on any atom is -0.477 e. The Hall–Kier alpha value is -1.47. The molecular weight excluding hydrogens is 256 g/mol. The second-order valence-corrected chi connectivity index (χ2v) is 5.18. The van der Waals surface area contributed by atoms with Crippen LogP contribution in [0.15, 0.2) is 0 Å². The molecule has 100 valence electrons. The van der Waals surface area contributed by atoms with E-state index in [9.17, 15) is 9.59 Å². The lowest BCUT2D eigenvalue weighted by atomic mass is 10.1. The maximum atomic E-state index is 11.3. The van der Waals surface area contributed by atoms with Crippen molar-refractivity contribution in [2.24, 2.45) is 5.92 Å². The van der Waals surface area contributed by atoms with Crippen molar-refractivity contribution in [3.63, 3.8) is 0 Å². The SMILES string of the molecule is COCC(=O)Nc1nc(CC(C)C)c(C(=O)O)s1. The molecule has 1 heterocycles. The molecule has 0 aromatic carbocycles. The first kappa shape index (κ1) is 14.6. The number of anilines is 1. The van der Waals surface area contributed by atoms with Crippen LogP contribution in [0.5, 0.6) is 0 Å². The summed E-state index contributed by atoms with van der Waals surface area (Å²) in [6.45, 7) is 3.88. The fraction of sp³-hybridized carbons (Fsp3) is 0.545. The van der Waals surface area contributed by atoms with E-state index in [1.807, 2.05) is 13.8 Å². The molecule has 1 rings (SSSR count). The van der Waals surface area contributed by atoms with Crippen molar-refractivity contribution in [1.82, 2.24) is 4.98 Å². The average molecular weight is 272 g/mol. The molecule has 1 aromatic rings. The van der Waals surface area contributed by atoms with Crippen LogP contribution in [0.4, 0.5) is 5.13 Å². The summed E-state index contributed by atoms with van der Waals surface area (Å²) in [4.78, 5) is 26.7. The quantitative estimate of drug-likeness (QED) is 0.821. The van der Waals surface area contributed by atoms with E-state index in [2.05, 4.69) is 15.0 Å². The third-order valence-electron chi connectivity index (χ3n) is 2.01. The highest BCUT2D eigenvalue weighted by atomic mass is 32.1. The number of aromatic nitrogens is 1. The van der Waals surface area contributed by atoms with Gasteiger partial charge in [-0.05, 0) is 12.3 Å². The maximum absolute atomic E-state index is 11.3. The van der Waals surface area contributed by atoms with Gasteiger partial charge in [0.25, 0.3) is 5.91 Å². The second-order valence-electron chi connectivity index (χ2n) is 4.18. The van der Waals surface area contributed by atoms with Gasteiger partial charge in [0.15, 0.2) is 5.13 Å². The van der Waals surface area contributed by atoms with Crippen LogP contribution in [0.2, 0.25) is 0 Å². The Kier molecular flexibility index (Phi) is 5.24. The maximum Gasteiger partial charge on any atom is 0.347 e. The van der Waals surface area contributed by atoms with Crippen molar-refractivity contribution < 1.29 is 19.4 Å².